The first-order valence-electron chi connectivity index (χ1n) is 10.0. The summed E-state index contributed by atoms with van der Waals surface area (Å²) < 4.78 is 11.5. The summed E-state index contributed by atoms with van der Waals surface area (Å²) in [5.74, 6) is 0.960. The van der Waals surface area contributed by atoms with E-state index in [1.165, 1.54) is 0 Å². The van der Waals surface area contributed by atoms with Crippen molar-refractivity contribution in [1.82, 2.24) is 9.97 Å². The number of pyridine rings is 2. The lowest BCUT2D eigenvalue weighted by Gasteiger charge is -2.36. The maximum absolute atomic E-state index is 13.2. The smallest absolute Gasteiger partial charge is 0.169 e. The molecule has 0 spiro atoms. The molecule has 4 rings (SSSR count). The van der Waals surface area contributed by atoms with Crippen molar-refractivity contribution in [3.63, 3.8) is 0 Å². The van der Waals surface area contributed by atoms with Crippen LogP contribution in [0.2, 0.25) is 0 Å². The molecular formula is C22H27N3O3. The zero-order chi connectivity index (χ0) is 19.5. The Balaban J connectivity index is 1.70. The number of ether oxygens (including phenoxy) is 2. The highest BCUT2D eigenvalue weighted by Gasteiger charge is 2.26. The summed E-state index contributed by atoms with van der Waals surface area (Å²) in [6, 6.07) is 7.65. The van der Waals surface area contributed by atoms with Crippen LogP contribution in [0.3, 0.4) is 0 Å². The van der Waals surface area contributed by atoms with E-state index in [-0.39, 0.29) is 18.0 Å². The van der Waals surface area contributed by atoms with Gasteiger partial charge in [-0.25, -0.2) is 4.98 Å². The molecule has 1 saturated heterocycles. The summed E-state index contributed by atoms with van der Waals surface area (Å²) in [5.41, 5.74) is 3.59. The van der Waals surface area contributed by atoms with E-state index in [4.69, 9.17) is 14.5 Å². The van der Waals surface area contributed by atoms with Crippen LogP contribution in [-0.4, -0.2) is 54.3 Å². The number of anilines is 1. The summed E-state index contributed by atoms with van der Waals surface area (Å²) in [5, 5.41) is 0. The van der Waals surface area contributed by atoms with Gasteiger partial charge in [0.1, 0.15) is 5.82 Å². The number of hydrogen-bond acceptors (Lipinski definition) is 6. The van der Waals surface area contributed by atoms with Crippen LogP contribution in [0.25, 0.3) is 0 Å². The van der Waals surface area contributed by atoms with Crippen molar-refractivity contribution in [2.24, 2.45) is 0 Å². The molecule has 148 valence electrons. The molecule has 0 aromatic carbocycles. The van der Waals surface area contributed by atoms with Crippen LogP contribution in [0.15, 0.2) is 30.5 Å². The van der Waals surface area contributed by atoms with Crippen LogP contribution in [0.4, 0.5) is 5.82 Å². The van der Waals surface area contributed by atoms with Gasteiger partial charge in [0.25, 0.3) is 0 Å². The molecule has 2 aliphatic rings. The van der Waals surface area contributed by atoms with E-state index >= 15 is 0 Å². The van der Waals surface area contributed by atoms with Crippen molar-refractivity contribution < 1.29 is 14.3 Å². The molecule has 2 aliphatic heterocycles. The first-order chi connectivity index (χ1) is 13.6. The first-order valence-corrected chi connectivity index (χ1v) is 10.0. The molecular weight excluding hydrogens is 354 g/mol. The number of carbonyl (C=O) groups is 1. The molecule has 6 nitrogen and oxygen atoms in total. The molecule has 2 aromatic rings. The van der Waals surface area contributed by atoms with Crippen LogP contribution in [-0.2, 0) is 28.7 Å². The average Bonchev–Trinajstić information content (AvgIpc) is 2.92. The van der Waals surface area contributed by atoms with E-state index in [0.29, 0.717) is 19.6 Å². The lowest BCUT2D eigenvalue weighted by atomic mass is 9.96. The molecule has 0 unspecified atom stereocenters. The number of aromatic nitrogens is 2. The minimum absolute atomic E-state index is 0.0925. The highest BCUT2D eigenvalue weighted by atomic mass is 16.5. The lowest BCUT2D eigenvalue weighted by Crippen LogP contribution is -2.46. The Morgan fingerprint density at radius 1 is 1.18 bits per heavy atom. The summed E-state index contributed by atoms with van der Waals surface area (Å²) in [6.07, 6.45) is 3.77. The number of rotatable bonds is 4. The Morgan fingerprint density at radius 3 is 2.71 bits per heavy atom. The minimum atomic E-state index is 0.0925. The van der Waals surface area contributed by atoms with E-state index < -0.39 is 0 Å². The van der Waals surface area contributed by atoms with Gasteiger partial charge in [-0.2, -0.15) is 0 Å². The zero-order valence-electron chi connectivity index (χ0n) is 16.6. The van der Waals surface area contributed by atoms with E-state index in [0.717, 1.165) is 54.3 Å². The number of ketones is 1. The Labute approximate surface area is 165 Å². The lowest BCUT2D eigenvalue weighted by molar-refractivity contribution is -0.00547. The van der Waals surface area contributed by atoms with E-state index in [1.54, 1.807) is 6.20 Å². The summed E-state index contributed by atoms with van der Waals surface area (Å²) in [7, 11) is 0. The van der Waals surface area contributed by atoms with Crippen LogP contribution < -0.4 is 4.90 Å². The maximum Gasteiger partial charge on any atom is 0.169 e. The third kappa shape index (κ3) is 4.23. The highest BCUT2D eigenvalue weighted by molar-refractivity contribution is 5.99. The number of carbonyl (C=O) groups excluding carboxylic acids is 1. The SMILES string of the molecule is C[C@@H]1CN(c2cc(C(=O)Cc3ccccn3)c3c(n2)CCOCC3)C[C@H](C)O1. The normalized spacial score (nSPS) is 22.4. The predicted octanol–water partition coefficient (Wildman–Crippen LogP) is 2.63. The van der Waals surface area contributed by atoms with Crippen LogP contribution in [0, 0.1) is 0 Å². The van der Waals surface area contributed by atoms with Gasteiger partial charge in [-0.15, -0.1) is 0 Å². The van der Waals surface area contributed by atoms with Crippen molar-refractivity contribution in [3.05, 3.63) is 53.0 Å². The molecule has 0 radical (unpaired) electrons. The summed E-state index contributed by atoms with van der Waals surface area (Å²) >= 11 is 0. The quantitative estimate of drug-likeness (QED) is 0.759. The summed E-state index contributed by atoms with van der Waals surface area (Å²) in [6.45, 7) is 6.98. The molecule has 6 heteroatoms. The topological polar surface area (TPSA) is 64.6 Å². The van der Waals surface area contributed by atoms with Gasteiger partial charge in [0.15, 0.2) is 5.78 Å². The van der Waals surface area contributed by atoms with Crippen molar-refractivity contribution >= 4 is 11.6 Å². The minimum Gasteiger partial charge on any atom is -0.381 e. The van der Waals surface area contributed by atoms with Gasteiger partial charge in [0.05, 0.1) is 31.8 Å². The first kappa shape index (κ1) is 19.0. The third-order valence-electron chi connectivity index (χ3n) is 5.29. The van der Waals surface area contributed by atoms with E-state index in [2.05, 4.69) is 23.7 Å². The molecule has 0 saturated carbocycles. The largest absolute Gasteiger partial charge is 0.381 e. The fourth-order valence-electron chi connectivity index (χ4n) is 4.08. The Kier molecular flexibility index (Phi) is 5.69. The van der Waals surface area contributed by atoms with Crippen LogP contribution in [0.1, 0.15) is 41.2 Å². The van der Waals surface area contributed by atoms with Gasteiger partial charge >= 0.3 is 0 Å². The van der Waals surface area contributed by atoms with Gasteiger partial charge < -0.3 is 14.4 Å². The Morgan fingerprint density at radius 2 is 1.96 bits per heavy atom. The number of morpholine rings is 1. The second kappa shape index (κ2) is 8.37. The monoisotopic (exact) mass is 381 g/mol. The number of hydrogen-bond donors (Lipinski definition) is 0. The average molecular weight is 381 g/mol. The molecule has 0 bridgehead atoms. The van der Waals surface area contributed by atoms with Gasteiger partial charge in [0.2, 0.25) is 0 Å². The predicted molar refractivity (Wildman–Crippen MR) is 107 cm³/mol. The van der Waals surface area contributed by atoms with Crippen LogP contribution >= 0.6 is 0 Å². The molecule has 2 aromatic heterocycles. The summed E-state index contributed by atoms with van der Waals surface area (Å²) in [4.78, 5) is 24.7. The second-order valence-electron chi connectivity index (χ2n) is 7.65. The fraction of sp³-hybridized carbons (Fsp3) is 0.500. The Hall–Kier alpha value is -2.31. The molecule has 1 fully saturated rings. The van der Waals surface area contributed by atoms with Crippen molar-refractivity contribution in [2.45, 2.75) is 45.3 Å². The number of nitrogens with zero attached hydrogens (tertiary/aromatic N) is 3. The standard InChI is InChI=1S/C22H27N3O3/c1-15-13-25(14-16(2)28-15)22-12-19(18-6-9-27-10-7-20(18)24-22)21(26)11-17-5-3-4-8-23-17/h3-5,8,12,15-16H,6-7,9-11,13-14H2,1-2H3/t15-,16+. The number of fused-ring (bicyclic) bond motifs is 1. The molecule has 28 heavy (non-hydrogen) atoms. The van der Waals surface area contributed by atoms with Crippen molar-refractivity contribution in [1.29, 1.82) is 0 Å². The molecule has 0 N–H and O–H groups in total. The highest BCUT2D eigenvalue weighted by Crippen LogP contribution is 2.26. The van der Waals surface area contributed by atoms with Crippen molar-refractivity contribution in [2.75, 3.05) is 31.2 Å². The van der Waals surface area contributed by atoms with E-state index in [1.807, 2.05) is 24.3 Å². The molecule has 4 heterocycles. The van der Waals surface area contributed by atoms with Gasteiger partial charge in [-0.05, 0) is 44.0 Å². The molecule has 0 amide bonds. The van der Waals surface area contributed by atoms with Crippen LogP contribution in [0.5, 0.6) is 0 Å². The van der Waals surface area contributed by atoms with Gasteiger partial charge in [-0.3, -0.25) is 9.78 Å². The molecule has 0 aliphatic carbocycles. The van der Waals surface area contributed by atoms with Crippen molar-refractivity contribution in [3.8, 4) is 0 Å². The maximum atomic E-state index is 13.2. The molecule has 2 atom stereocenters. The third-order valence-corrected chi connectivity index (χ3v) is 5.29. The Bertz CT molecular complexity index is 830. The van der Waals surface area contributed by atoms with Gasteiger partial charge in [-0.1, -0.05) is 6.07 Å². The fourth-order valence-corrected chi connectivity index (χ4v) is 4.08. The van der Waals surface area contributed by atoms with Gasteiger partial charge in [0, 0.05) is 42.7 Å². The second-order valence-corrected chi connectivity index (χ2v) is 7.65. The number of Topliss-reactive ketones (excluding diaryl/α,β-unsaturated/α-hetero) is 1. The van der Waals surface area contributed by atoms with E-state index in [9.17, 15) is 4.79 Å². The zero-order valence-corrected chi connectivity index (χ0v) is 16.6.